The van der Waals surface area contributed by atoms with Crippen molar-refractivity contribution >= 4 is 0 Å². The van der Waals surface area contributed by atoms with Gasteiger partial charge in [0, 0.05) is 12.5 Å². The van der Waals surface area contributed by atoms with E-state index in [1.165, 1.54) is 0 Å². The second kappa shape index (κ2) is 5.11. The third kappa shape index (κ3) is 2.41. The summed E-state index contributed by atoms with van der Waals surface area (Å²) in [5.74, 6) is 0.182. The Morgan fingerprint density at radius 3 is 2.69 bits per heavy atom. The van der Waals surface area contributed by atoms with Crippen molar-refractivity contribution in [1.82, 2.24) is 0 Å². The second-order valence-electron chi connectivity index (χ2n) is 4.16. The van der Waals surface area contributed by atoms with Crippen molar-refractivity contribution in [2.24, 2.45) is 5.92 Å². The normalized spacial score (nSPS) is 22.4. The summed E-state index contributed by atoms with van der Waals surface area (Å²) in [5.41, 5.74) is 1.49. The number of aliphatic hydroxyl groups is 1. The molecule has 1 N–H and O–H groups in total. The summed E-state index contributed by atoms with van der Waals surface area (Å²) in [6.45, 7) is 1.43. The summed E-state index contributed by atoms with van der Waals surface area (Å²) in [5, 5.41) is 18.8. The fourth-order valence-corrected chi connectivity index (χ4v) is 2.04. The minimum absolute atomic E-state index is 0.182. The molecular formula is C13H15NO2. The van der Waals surface area contributed by atoms with Gasteiger partial charge in [0.1, 0.15) is 0 Å². The van der Waals surface area contributed by atoms with E-state index >= 15 is 0 Å². The highest BCUT2D eigenvalue weighted by Gasteiger charge is 2.23. The molecule has 1 aromatic carbocycles. The van der Waals surface area contributed by atoms with Gasteiger partial charge < -0.3 is 9.84 Å². The Morgan fingerprint density at radius 2 is 2.12 bits per heavy atom. The van der Waals surface area contributed by atoms with Crippen molar-refractivity contribution in [2.75, 3.05) is 13.2 Å². The van der Waals surface area contributed by atoms with Crippen LogP contribution in [0.15, 0.2) is 24.3 Å². The topological polar surface area (TPSA) is 53.2 Å². The van der Waals surface area contributed by atoms with Crippen molar-refractivity contribution in [3.63, 3.8) is 0 Å². The molecule has 0 aromatic heterocycles. The Morgan fingerprint density at radius 1 is 1.38 bits per heavy atom. The smallest absolute Gasteiger partial charge is 0.0991 e. The second-order valence-corrected chi connectivity index (χ2v) is 4.16. The predicted octanol–water partition coefficient (Wildman–Crippen LogP) is 2.02. The number of ether oxygens (including phenoxy) is 1. The molecule has 1 saturated heterocycles. The fraction of sp³-hybridized carbons (Fsp3) is 0.462. The minimum atomic E-state index is -0.479. The number of benzene rings is 1. The molecule has 1 heterocycles. The van der Waals surface area contributed by atoms with Crippen molar-refractivity contribution in [2.45, 2.75) is 18.9 Å². The van der Waals surface area contributed by atoms with Gasteiger partial charge in [0.15, 0.2) is 0 Å². The van der Waals surface area contributed by atoms with Gasteiger partial charge in [0.05, 0.1) is 24.3 Å². The van der Waals surface area contributed by atoms with Crippen LogP contribution in [0.2, 0.25) is 0 Å². The Bertz CT molecular complexity index is 374. The number of hydrogen-bond donors (Lipinski definition) is 1. The molecular weight excluding hydrogens is 202 g/mol. The third-order valence-corrected chi connectivity index (χ3v) is 3.02. The fourth-order valence-electron chi connectivity index (χ4n) is 2.04. The molecule has 16 heavy (non-hydrogen) atoms. The summed E-state index contributed by atoms with van der Waals surface area (Å²) in [6.07, 6.45) is 1.53. The summed E-state index contributed by atoms with van der Waals surface area (Å²) in [6, 6.07) is 9.18. The van der Waals surface area contributed by atoms with Crippen molar-refractivity contribution in [3.8, 4) is 6.07 Å². The zero-order valence-corrected chi connectivity index (χ0v) is 9.10. The molecule has 1 aliphatic heterocycles. The van der Waals surface area contributed by atoms with Crippen LogP contribution >= 0.6 is 0 Å². The van der Waals surface area contributed by atoms with E-state index in [2.05, 4.69) is 6.07 Å². The highest BCUT2D eigenvalue weighted by atomic mass is 16.5. The molecule has 0 unspecified atom stereocenters. The van der Waals surface area contributed by atoms with Gasteiger partial charge in [-0.15, -0.1) is 0 Å². The third-order valence-electron chi connectivity index (χ3n) is 3.02. The van der Waals surface area contributed by atoms with Gasteiger partial charge in [-0.3, -0.25) is 0 Å². The predicted molar refractivity (Wildman–Crippen MR) is 59.7 cm³/mol. The Hall–Kier alpha value is -1.37. The van der Waals surface area contributed by atoms with E-state index in [0.29, 0.717) is 12.2 Å². The van der Waals surface area contributed by atoms with Crippen molar-refractivity contribution in [1.29, 1.82) is 5.26 Å². The molecule has 0 saturated carbocycles. The number of nitrogens with zero attached hydrogens (tertiary/aromatic N) is 1. The van der Waals surface area contributed by atoms with Gasteiger partial charge in [-0.05, 0) is 30.5 Å². The summed E-state index contributed by atoms with van der Waals surface area (Å²) >= 11 is 0. The number of hydrogen-bond acceptors (Lipinski definition) is 3. The first-order chi connectivity index (χ1) is 7.81. The lowest BCUT2D eigenvalue weighted by Gasteiger charge is -2.26. The van der Waals surface area contributed by atoms with Gasteiger partial charge in [-0.2, -0.15) is 5.26 Å². The number of rotatable bonds is 2. The average Bonchev–Trinajstić information content (AvgIpc) is 2.39. The summed E-state index contributed by atoms with van der Waals surface area (Å²) in [7, 11) is 0. The molecule has 0 radical (unpaired) electrons. The SMILES string of the molecule is N#Cc1ccc([C@H](O)[C@@H]2CCCOC2)cc1. The minimum Gasteiger partial charge on any atom is -0.388 e. The molecule has 1 aliphatic rings. The van der Waals surface area contributed by atoms with Crippen LogP contribution in [0.3, 0.4) is 0 Å². The first-order valence-corrected chi connectivity index (χ1v) is 5.57. The molecule has 1 aromatic rings. The molecule has 2 atom stereocenters. The molecule has 3 nitrogen and oxygen atoms in total. The van der Waals surface area contributed by atoms with Crippen LogP contribution < -0.4 is 0 Å². The number of aliphatic hydroxyl groups excluding tert-OH is 1. The number of nitriles is 1. The van der Waals surface area contributed by atoms with E-state index in [-0.39, 0.29) is 5.92 Å². The lowest BCUT2D eigenvalue weighted by molar-refractivity contribution is -0.00996. The zero-order valence-electron chi connectivity index (χ0n) is 9.10. The van der Waals surface area contributed by atoms with Gasteiger partial charge in [-0.1, -0.05) is 12.1 Å². The van der Waals surface area contributed by atoms with Crippen LogP contribution in [0, 0.1) is 17.2 Å². The molecule has 84 valence electrons. The summed E-state index contributed by atoms with van der Waals surface area (Å²) in [4.78, 5) is 0. The first kappa shape index (κ1) is 11.1. The van der Waals surface area contributed by atoms with E-state index in [4.69, 9.17) is 10.00 Å². The Labute approximate surface area is 95.3 Å². The highest BCUT2D eigenvalue weighted by molar-refractivity contribution is 5.32. The van der Waals surface area contributed by atoms with E-state index in [1.54, 1.807) is 12.1 Å². The standard InChI is InChI=1S/C13H15NO2/c14-8-10-3-5-11(6-4-10)13(15)12-2-1-7-16-9-12/h3-6,12-13,15H,1-2,7,9H2/t12-,13+/m1/s1. The van der Waals surface area contributed by atoms with E-state index in [9.17, 15) is 5.11 Å². The maximum absolute atomic E-state index is 10.1. The molecule has 0 aliphatic carbocycles. The van der Waals surface area contributed by atoms with Gasteiger partial charge in [0.2, 0.25) is 0 Å². The largest absolute Gasteiger partial charge is 0.388 e. The van der Waals surface area contributed by atoms with Crippen LogP contribution in [0.4, 0.5) is 0 Å². The maximum Gasteiger partial charge on any atom is 0.0991 e. The maximum atomic E-state index is 10.1. The van der Waals surface area contributed by atoms with Crippen molar-refractivity contribution < 1.29 is 9.84 Å². The van der Waals surface area contributed by atoms with Crippen LogP contribution in [0.5, 0.6) is 0 Å². The molecule has 1 fully saturated rings. The molecule has 0 amide bonds. The van der Waals surface area contributed by atoms with Gasteiger partial charge >= 0.3 is 0 Å². The molecule has 2 rings (SSSR count). The quantitative estimate of drug-likeness (QED) is 0.824. The average molecular weight is 217 g/mol. The first-order valence-electron chi connectivity index (χ1n) is 5.57. The van der Waals surface area contributed by atoms with Crippen molar-refractivity contribution in [3.05, 3.63) is 35.4 Å². The monoisotopic (exact) mass is 217 g/mol. The van der Waals surface area contributed by atoms with Crippen LogP contribution in [0.1, 0.15) is 30.1 Å². The van der Waals surface area contributed by atoms with E-state index in [1.807, 2.05) is 12.1 Å². The van der Waals surface area contributed by atoms with E-state index < -0.39 is 6.10 Å². The molecule has 3 heteroatoms. The molecule has 0 spiro atoms. The Balaban J connectivity index is 2.07. The molecule has 0 bridgehead atoms. The van der Waals surface area contributed by atoms with Gasteiger partial charge in [-0.25, -0.2) is 0 Å². The lowest BCUT2D eigenvalue weighted by atomic mass is 9.91. The Kier molecular flexibility index (Phi) is 3.55. The highest BCUT2D eigenvalue weighted by Crippen LogP contribution is 2.28. The lowest BCUT2D eigenvalue weighted by Crippen LogP contribution is -2.23. The van der Waals surface area contributed by atoms with Crippen LogP contribution in [0.25, 0.3) is 0 Å². The zero-order chi connectivity index (χ0) is 11.4. The van der Waals surface area contributed by atoms with Gasteiger partial charge in [0.25, 0.3) is 0 Å². The van der Waals surface area contributed by atoms with Crippen LogP contribution in [-0.2, 0) is 4.74 Å². The summed E-state index contributed by atoms with van der Waals surface area (Å²) < 4.78 is 5.36. The van der Waals surface area contributed by atoms with E-state index in [0.717, 1.165) is 25.0 Å². The van der Waals surface area contributed by atoms with Crippen LogP contribution in [-0.4, -0.2) is 18.3 Å².